The number of benzene rings is 1. The van der Waals surface area contributed by atoms with E-state index in [0.29, 0.717) is 4.99 Å². The van der Waals surface area contributed by atoms with E-state index in [-0.39, 0.29) is 12.6 Å². The Bertz CT molecular complexity index is 398. The molecule has 0 saturated heterocycles. The van der Waals surface area contributed by atoms with Crippen LogP contribution in [0.15, 0.2) is 22.7 Å². The molecule has 0 bridgehead atoms. The predicted molar refractivity (Wildman–Crippen MR) is 75.0 cm³/mol. The molecule has 0 spiro atoms. The number of nitrogens with two attached hydrogens (primary N) is 1. The van der Waals surface area contributed by atoms with Crippen LogP contribution in [0.25, 0.3) is 0 Å². The Morgan fingerprint density at radius 1 is 1.62 bits per heavy atom. The lowest BCUT2D eigenvalue weighted by atomic mass is 10.1. The topological polar surface area (TPSA) is 49.5 Å². The Kier molecular flexibility index (Phi) is 4.70. The van der Waals surface area contributed by atoms with Crippen LogP contribution in [0.2, 0.25) is 0 Å². The van der Waals surface area contributed by atoms with E-state index >= 15 is 0 Å². The van der Waals surface area contributed by atoms with Gasteiger partial charge in [-0.1, -0.05) is 18.3 Å². The summed E-state index contributed by atoms with van der Waals surface area (Å²) in [6.45, 7) is 2.02. The fraction of sp³-hybridized carbons (Fsp3) is 0.364. The molecule has 0 radical (unpaired) electrons. The van der Waals surface area contributed by atoms with Crippen LogP contribution in [0.3, 0.4) is 0 Å². The summed E-state index contributed by atoms with van der Waals surface area (Å²) in [5.74, 6) is 0. The monoisotopic (exact) mass is 302 g/mol. The molecule has 16 heavy (non-hydrogen) atoms. The van der Waals surface area contributed by atoms with Crippen LogP contribution in [0, 0.1) is 0 Å². The summed E-state index contributed by atoms with van der Waals surface area (Å²) in [6.07, 6.45) is 0. The molecule has 3 N–H and O–H groups in total. The quantitative estimate of drug-likeness (QED) is 0.834. The fourth-order valence-corrected chi connectivity index (χ4v) is 2.33. The van der Waals surface area contributed by atoms with E-state index in [1.54, 1.807) is 0 Å². The summed E-state index contributed by atoms with van der Waals surface area (Å²) >= 11 is 8.47. The largest absolute Gasteiger partial charge is 0.394 e. The van der Waals surface area contributed by atoms with Crippen molar-refractivity contribution in [3.63, 3.8) is 0 Å². The van der Waals surface area contributed by atoms with Crippen molar-refractivity contribution >= 4 is 38.8 Å². The summed E-state index contributed by atoms with van der Waals surface area (Å²) in [5.41, 5.74) is 7.43. The molecule has 88 valence electrons. The van der Waals surface area contributed by atoms with E-state index in [4.69, 9.17) is 23.1 Å². The van der Waals surface area contributed by atoms with E-state index in [2.05, 4.69) is 15.9 Å². The van der Waals surface area contributed by atoms with Gasteiger partial charge in [0.2, 0.25) is 0 Å². The Morgan fingerprint density at radius 3 is 2.75 bits per heavy atom. The lowest BCUT2D eigenvalue weighted by Crippen LogP contribution is -2.33. The van der Waals surface area contributed by atoms with Gasteiger partial charge in [0, 0.05) is 28.8 Å². The molecule has 3 nitrogen and oxygen atoms in total. The molecule has 1 unspecified atom stereocenters. The lowest BCUT2D eigenvalue weighted by Gasteiger charge is -2.27. The van der Waals surface area contributed by atoms with Crippen LogP contribution in [0.1, 0.15) is 12.5 Å². The van der Waals surface area contributed by atoms with Crippen LogP contribution >= 0.6 is 28.1 Å². The second-order valence-corrected chi connectivity index (χ2v) is 4.93. The average Bonchev–Trinajstić information content (AvgIpc) is 2.26. The number of rotatable bonds is 4. The number of hydrogen-bond acceptors (Lipinski definition) is 3. The minimum absolute atomic E-state index is 0.0161. The standard InChI is InChI=1S/C11H15BrN2OS/c1-7(6-15)14(2)9-5-3-4-8(12)10(9)11(13)16/h3-5,7,15H,6H2,1-2H3,(H2,13,16). The zero-order chi connectivity index (χ0) is 12.3. The number of hydrogen-bond donors (Lipinski definition) is 2. The number of aliphatic hydroxyl groups is 1. The Balaban J connectivity index is 3.22. The summed E-state index contributed by atoms with van der Waals surface area (Å²) in [4.78, 5) is 2.30. The molecule has 0 aromatic heterocycles. The van der Waals surface area contributed by atoms with Crippen molar-refractivity contribution in [2.45, 2.75) is 13.0 Å². The van der Waals surface area contributed by atoms with Crippen molar-refractivity contribution in [2.75, 3.05) is 18.6 Å². The molecule has 0 saturated carbocycles. The van der Waals surface area contributed by atoms with Crippen LogP contribution in [0.4, 0.5) is 5.69 Å². The van der Waals surface area contributed by atoms with Gasteiger partial charge in [-0.05, 0) is 35.0 Å². The van der Waals surface area contributed by atoms with Gasteiger partial charge in [0.1, 0.15) is 4.99 Å². The molecule has 1 atom stereocenters. The van der Waals surface area contributed by atoms with Gasteiger partial charge in [0.25, 0.3) is 0 Å². The summed E-state index contributed by atoms with van der Waals surface area (Å²) < 4.78 is 0.870. The van der Waals surface area contributed by atoms with Gasteiger partial charge in [-0.3, -0.25) is 0 Å². The highest BCUT2D eigenvalue weighted by Gasteiger charge is 2.16. The maximum atomic E-state index is 9.15. The summed E-state index contributed by atoms with van der Waals surface area (Å²) in [6, 6.07) is 5.77. The second-order valence-electron chi connectivity index (χ2n) is 3.64. The van der Waals surface area contributed by atoms with E-state index in [1.807, 2.05) is 37.1 Å². The molecular formula is C11H15BrN2OS. The first-order valence-corrected chi connectivity index (χ1v) is 6.11. The second kappa shape index (κ2) is 5.61. The van der Waals surface area contributed by atoms with Gasteiger partial charge in [0.15, 0.2) is 0 Å². The van der Waals surface area contributed by atoms with E-state index in [1.165, 1.54) is 0 Å². The van der Waals surface area contributed by atoms with Gasteiger partial charge in [-0.25, -0.2) is 0 Å². The zero-order valence-corrected chi connectivity index (χ0v) is 11.7. The number of anilines is 1. The SMILES string of the molecule is CC(CO)N(C)c1cccc(Br)c1C(N)=S. The molecule has 0 heterocycles. The first-order chi connectivity index (χ1) is 7.49. The van der Waals surface area contributed by atoms with Gasteiger partial charge in [0.05, 0.1) is 6.61 Å². The first-order valence-electron chi connectivity index (χ1n) is 4.91. The minimum Gasteiger partial charge on any atom is -0.394 e. The molecule has 0 aliphatic heterocycles. The Morgan fingerprint density at radius 2 is 2.25 bits per heavy atom. The first kappa shape index (κ1) is 13.4. The molecule has 0 amide bonds. The maximum absolute atomic E-state index is 9.15. The fourth-order valence-electron chi connectivity index (χ4n) is 1.41. The third-order valence-corrected chi connectivity index (χ3v) is 3.41. The van der Waals surface area contributed by atoms with E-state index < -0.39 is 0 Å². The molecule has 1 aromatic rings. The Labute approximate surface area is 109 Å². The van der Waals surface area contributed by atoms with Crippen LogP contribution < -0.4 is 10.6 Å². The number of aliphatic hydroxyl groups excluding tert-OH is 1. The molecule has 0 fully saturated rings. The van der Waals surface area contributed by atoms with Crippen molar-refractivity contribution < 1.29 is 5.11 Å². The van der Waals surface area contributed by atoms with Gasteiger partial charge in [-0.15, -0.1) is 0 Å². The number of thiocarbonyl (C=S) groups is 1. The van der Waals surface area contributed by atoms with Crippen molar-refractivity contribution in [3.8, 4) is 0 Å². The van der Waals surface area contributed by atoms with Crippen molar-refractivity contribution in [1.82, 2.24) is 0 Å². The molecule has 1 rings (SSSR count). The lowest BCUT2D eigenvalue weighted by molar-refractivity contribution is 0.270. The summed E-state index contributed by atoms with van der Waals surface area (Å²) in [7, 11) is 1.91. The van der Waals surface area contributed by atoms with Crippen LogP contribution in [-0.2, 0) is 0 Å². The van der Waals surface area contributed by atoms with E-state index in [0.717, 1.165) is 15.7 Å². The zero-order valence-electron chi connectivity index (χ0n) is 9.27. The number of halogens is 1. The smallest absolute Gasteiger partial charge is 0.107 e. The van der Waals surface area contributed by atoms with Crippen LogP contribution in [-0.4, -0.2) is 29.8 Å². The van der Waals surface area contributed by atoms with Crippen molar-refractivity contribution in [2.24, 2.45) is 5.73 Å². The molecule has 0 aliphatic carbocycles. The highest BCUT2D eigenvalue weighted by Crippen LogP contribution is 2.28. The van der Waals surface area contributed by atoms with Crippen molar-refractivity contribution in [3.05, 3.63) is 28.2 Å². The highest BCUT2D eigenvalue weighted by molar-refractivity contribution is 9.10. The summed E-state index contributed by atoms with van der Waals surface area (Å²) in [5, 5.41) is 9.15. The molecular weight excluding hydrogens is 288 g/mol. The highest BCUT2D eigenvalue weighted by atomic mass is 79.9. The third kappa shape index (κ3) is 2.72. The molecule has 0 aliphatic rings. The minimum atomic E-state index is 0.0161. The third-order valence-electron chi connectivity index (χ3n) is 2.54. The van der Waals surface area contributed by atoms with Gasteiger partial charge >= 0.3 is 0 Å². The number of nitrogens with zero attached hydrogens (tertiary/aromatic N) is 1. The molecule has 5 heteroatoms. The van der Waals surface area contributed by atoms with Gasteiger partial charge in [-0.2, -0.15) is 0 Å². The van der Waals surface area contributed by atoms with Crippen LogP contribution in [0.5, 0.6) is 0 Å². The van der Waals surface area contributed by atoms with Gasteiger partial charge < -0.3 is 15.7 Å². The predicted octanol–water partition coefficient (Wildman–Crippen LogP) is 1.90. The number of likely N-dealkylation sites (N-methyl/N-ethyl adjacent to an activating group) is 1. The average molecular weight is 303 g/mol. The molecule has 1 aromatic carbocycles. The van der Waals surface area contributed by atoms with E-state index in [9.17, 15) is 0 Å². The maximum Gasteiger partial charge on any atom is 0.107 e. The van der Waals surface area contributed by atoms with Crippen molar-refractivity contribution in [1.29, 1.82) is 0 Å². The Hall–Kier alpha value is -0.650. The normalized spacial score (nSPS) is 12.2.